The van der Waals surface area contributed by atoms with Gasteiger partial charge < -0.3 is 20.1 Å². The van der Waals surface area contributed by atoms with Gasteiger partial charge in [0.1, 0.15) is 6.61 Å². The standard InChI is InChI=1S/C43H76NO9P/c1-3-5-7-9-11-12-13-14-15-16-17-18-19-20-22-26-31-35-43(47)53-41(39-52-54(48,49)51-37-36-44)38-50-42(46)34-30-27-23-25-29-33-40(45)32-28-24-21-10-8-6-4-2/h11-12,14-15,21,24,28,32,41H,3-10,13,16-20,22-23,25-27,29-31,33-39,44H2,1-2H3,(H,48,49)/b12-11-,15-14-,24-21-,32-28+/t41-/m1/s1. The lowest BCUT2D eigenvalue weighted by molar-refractivity contribution is -0.161. The quantitative estimate of drug-likeness (QED) is 0.0154. The van der Waals surface area contributed by atoms with E-state index < -0.39 is 32.5 Å². The molecule has 3 N–H and O–H groups in total. The Kier molecular flexibility index (Phi) is 37.2. The highest BCUT2D eigenvalue weighted by molar-refractivity contribution is 7.47. The lowest BCUT2D eigenvalue weighted by atomic mass is 10.1. The summed E-state index contributed by atoms with van der Waals surface area (Å²) in [5.74, 6) is -0.811. The Bertz CT molecular complexity index is 1090. The minimum Gasteiger partial charge on any atom is -0.462 e. The van der Waals surface area contributed by atoms with Crippen molar-refractivity contribution >= 4 is 25.5 Å². The van der Waals surface area contributed by atoms with E-state index in [-0.39, 0.29) is 38.4 Å². The van der Waals surface area contributed by atoms with Gasteiger partial charge in [-0.2, -0.15) is 0 Å². The van der Waals surface area contributed by atoms with Crippen LogP contribution < -0.4 is 5.73 Å². The number of esters is 2. The fourth-order valence-corrected chi connectivity index (χ4v) is 6.23. The highest BCUT2D eigenvalue weighted by Gasteiger charge is 2.26. The largest absolute Gasteiger partial charge is 0.472 e. The number of hydrogen-bond donors (Lipinski definition) is 2. The molecule has 0 radical (unpaired) electrons. The number of unbranched alkanes of at least 4 members (excludes halogenated alkanes) is 17. The monoisotopic (exact) mass is 782 g/mol. The molecular weight excluding hydrogens is 705 g/mol. The van der Waals surface area contributed by atoms with Gasteiger partial charge in [0.25, 0.3) is 0 Å². The first-order valence-electron chi connectivity index (χ1n) is 21.1. The van der Waals surface area contributed by atoms with Gasteiger partial charge in [-0.3, -0.25) is 23.4 Å². The molecule has 10 nitrogen and oxygen atoms in total. The molecule has 0 aliphatic rings. The van der Waals surface area contributed by atoms with E-state index in [1.54, 1.807) is 6.08 Å². The number of ether oxygens (including phenoxy) is 2. The van der Waals surface area contributed by atoms with E-state index in [4.69, 9.17) is 24.3 Å². The van der Waals surface area contributed by atoms with Crippen LogP contribution in [-0.2, 0) is 37.5 Å². The molecule has 0 spiro atoms. The van der Waals surface area contributed by atoms with Gasteiger partial charge in [0, 0.05) is 25.8 Å². The van der Waals surface area contributed by atoms with E-state index in [2.05, 4.69) is 44.2 Å². The van der Waals surface area contributed by atoms with Gasteiger partial charge in [-0.05, 0) is 70.3 Å². The summed E-state index contributed by atoms with van der Waals surface area (Å²) < 4.78 is 32.7. The van der Waals surface area contributed by atoms with Crippen LogP contribution in [0, 0.1) is 0 Å². The summed E-state index contributed by atoms with van der Waals surface area (Å²) in [5.41, 5.74) is 5.33. The summed E-state index contributed by atoms with van der Waals surface area (Å²) in [6.07, 6.45) is 39.5. The minimum absolute atomic E-state index is 0.0330. The third kappa shape index (κ3) is 37.9. The fraction of sp³-hybridized carbons (Fsp3) is 0.744. The summed E-state index contributed by atoms with van der Waals surface area (Å²) in [5, 5.41) is 0. The van der Waals surface area contributed by atoms with Crippen molar-refractivity contribution in [2.45, 2.75) is 180 Å². The van der Waals surface area contributed by atoms with E-state index >= 15 is 0 Å². The molecule has 0 aromatic heterocycles. The molecule has 0 aromatic rings. The molecule has 0 fully saturated rings. The maximum atomic E-state index is 12.6. The first-order valence-corrected chi connectivity index (χ1v) is 22.6. The number of allylic oxidation sites excluding steroid dienone is 8. The summed E-state index contributed by atoms with van der Waals surface area (Å²) in [4.78, 5) is 46.8. The smallest absolute Gasteiger partial charge is 0.462 e. The predicted molar refractivity (Wildman–Crippen MR) is 220 cm³/mol. The van der Waals surface area contributed by atoms with Gasteiger partial charge in [0.15, 0.2) is 11.9 Å². The van der Waals surface area contributed by atoms with E-state index in [0.29, 0.717) is 19.3 Å². The number of rotatable bonds is 39. The predicted octanol–water partition coefficient (Wildman–Crippen LogP) is 11.1. The van der Waals surface area contributed by atoms with Crippen LogP contribution in [0.25, 0.3) is 0 Å². The third-order valence-electron chi connectivity index (χ3n) is 8.66. The molecule has 11 heteroatoms. The van der Waals surface area contributed by atoms with Crippen molar-refractivity contribution in [1.82, 2.24) is 0 Å². The van der Waals surface area contributed by atoms with Crippen LogP contribution in [0.4, 0.5) is 0 Å². The first-order chi connectivity index (χ1) is 26.2. The van der Waals surface area contributed by atoms with Gasteiger partial charge in [-0.15, -0.1) is 0 Å². The SMILES string of the molecule is CCCCC/C=C\C=C\C(=O)CCCCCCCC(=O)OC[C@H](COP(=O)(O)OCCN)OC(=O)CCCCCCCCC/C=C\C/C=C\CCCCC. The summed E-state index contributed by atoms with van der Waals surface area (Å²) in [6, 6.07) is 0. The molecule has 0 amide bonds. The van der Waals surface area contributed by atoms with E-state index in [0.717, 1.165) is 64.2 Å². The molecule has 1 unspecified atom stereocenters. The van der Waals surface area contributed by atoms with Gasteiger partial charge in [-0.25, -0.2) is 4.57 Å². The second kappa shape index (κ2) is 38.9. The zero-order chi connectivity index (χ0) is 39.8. The molecule has 0 heterocycles. The Morgan fingerprint density at radius 1 is 0.611 bits per heavy atom. The molecule has 312 valence electrons. The van der Waals surface area contributed by atoms with Crippen molar-refractivity contribution in [2.24, 2.45) is 5.73 Å². The minimum atomic E-state index is -4.41. The molecule has 0 rings (SSSR count). The van der Waals surface area contributed by atoms with Crippen molar-refractivity contribution < 1.29 is 42.4 Å². The van der Waals surface area contributed by atoms with Crippen LogP contribution in [-0.4, -0.2) is 55.1 Å². The summed E-state index contributed by atoms with van der Waals surface area (Å²) in [6.45, 7) is 3.50. The Labute approximate surface area is 328 Å². The van der Waals surface area contributed by atoms with Gasteiger partial charge >= 0.3 is 19.8 Å². The van der Waals surface area contributed by atoms with Crippen LogP contribution in [0.15, 0.2) is 48.6 Å². The van der Waals surface area contributed by atoms with Crippen LogP contribution in [0.3, 0.4) is 0 Å². The molecule has 0 aromatic carbocycles. The Morgan fingerprint density at radius 3 is 1.72 bits per heavy atom. The zero-order valence-corrected chi connectivity index (χ0v) is 34.8. The zero-order valence-electron chi connectivity index (χ0n) is 33.9. The van der Waals surface area contributed by atoms with Gasteiger partial charge in [-0.1, -0.05) is 133 Å². The van der Waals surface area contributed by atoms with Crippen molar-refractivity contribution in [2.75, 3.05) is 26.4 Å². The molecule has 0 bridgehead atoms. The summed E-state index contributed by atoms with van der Waals surface area (Å²) >= 11 is 0. The van der Waals surface area contributed by atoms with Gasteiger partial charge in [0.2, 0.25) is 0 Å². The Morgan fingerprint density at radius 2 is 1.13 bits per heavy atom. The number of nitrogens with two attached hydrogens (primary N) is 1. The highest BCUT2D eigenvalue weighted by Crippen LogP contribution is 2.43. The van der Waals surface area contributed by atoms with Gasteiger partial charge in [0.05, 0.1) is 13.2 Å². The number of carbonyl (C=O) groups excluding carboxylic acids is 3. The average molecular weight is 782 g/mol. The lowest BCUT2D eigenvalue weighted by Gasteiger charge is -2.19. The Hall–Kier alpha value is -2.36. The third-order valence-corrected chi connectivity index (χ3v) is 9.65. The topological polar surface area (TPSA) is 151 Å². The normalized spacial score (nSPS) is 13.7. The van der Waals surface area contributed by atoms with E-state index in [1.807, 2.05) is 12.2 Å². The van der Waals surface area contributed by atoms with Crippen LogP contribution >= 0.6 is 7.82 Å². The maximum Gasteiger partial charge on any atom is 0.472 e. The maximum absolute atomic E-state index is 12.6. The number of ketones is 1. The number of phosphoric ester groups is 1. The van der Waals surface area contributed by atoms with Crippen molar-refractivity contribution in [1.29, 1.82) is 0 Å². The van der Waals surface area contributed by atoms with Crippen LogP contribution in [0.5, 0.6) is 0 Å². The van der Waals surface area contributed by atoms with Crippen LogP contribution in [0.1, 0.15) is 174 Å². The number of phosphoric acid groups is 1. The highest BCUT2D eigenvalue weighted by atomic mass is 31.2. The lowest BCUT2D eigenvalue weighted by Crippen LogP contribution is -2.29. The average Bonchev–Trinajstić information content (AvgIpc) is 3.15. The summed E-state index contributed by atoms with van der Waals surface area (Å²) in [7, 11) is -4.41. The van der Waals surface area contributed by atoms with Crippen molar-refractivity contribution in [3.05, 3.63) is 48.6 Å². The molecule has 2 atom stereocenters. The second-order valence-electron chi connectivity index (χ2n) is 13.9. The van der Waals surface area contributed by atoms with E-state index in [1.165, 1.54) is 64.2 Å². The molecule has 54 heavy (non-hydrogen) atoms. The van der Waals surface area contributed by atoms with E-state index in [9.17, 15) is 23.8 Å². The van der Waals surface area contributed by atoms with Crippen molar-refractivity contribution in [3.8, 4) is 0 Å². The second-order valence-corrected chi connectivity index (χ2v) is 15.3. The molecule has 0 aliphatic carbocycles. The number of carbonyl (C=O) groups is 3. The first kappa shape index (κ1) is 51.6. The van der Waals surface area contributed by atoms with Crippen LogP contribution in [0.2, 0.25) is 0 Å². The molecule has 0 aliphatic heterocycles. The molecule has 0 saturated heterocycles. The fourth-order valence-electron chi connectivity index (χ4n) is 5.47. The molecule has 0 saturated carbocycles. The Balaban J connectivity index is 4.27. The number of hydrogen-bond acceptors (Lipinski definition) is 9. The molecular formula is C43H76NO9P. The van der Waals surface area contributed by atoms with Crippen molar-refractivity contribution in [3.63, 3.8) is 0 Å².